The summed E-state index contributed by atoms with van der Waals surface area (Å²) in [7, 11) is -3.54. The van der Waals surface area contributed by atoms with Gasteiger partial charge < -0.3 is 5.32 Å². The molecule has 0 unspecified atom stereocenters. The Labute approximate surface area is 164 Å². The lowest BCUT2D eigenvalue weighted by molar-refractivity contribution is -0.113. The molecule has 0 heterocycles. The van der Waals surface area contributed by atoms with Crippen LogP contribution in [0.3, 0.4) is 0 Å². The molecule has 2 N–H and O–H groups in total. The van der Waals surface area contributed by atoms with Gasteiger partial charge in [0.2, 0.25) is 15.9 Å². The number of carbonyl (C=O) groups is 1. The van der Waals surface area contributed by atoms with Gasteiger partial charge in [-0.25, -0.2) is 13.1 Å². The third-order valence-electron chi connectivity index (χ3n) is 3.42. The number of thioether (sulfide) groups is 1. The van der Waals surface area contributed by atoms with Crippen molar-refractivity contribution in [2.75, 3.05) is 11.1 Å². The van der Waals surface area contributed by atoms with Gasteiger partial charge in [-0.1, -0.05) is 12.1 Å². The van der Waals surface area contributed by atoms with E-state index in [2.05, 4.69) is 16.1 Å². The Balaban J connectivity index is 1.84. The quantitative estimate of drug-likeness (QED) is 0.705. The molecule has 0 atom stereocenters. The van der Waals surface area contributed by atoms with Crippen molar-refractivity contribution in [1.29, 1.82) is 5.26 Å². The van der Waals surface area contributed by atoms with Gasteiger partial charge in [0.25, 0.3) is 0 Å². The first-order valence-corrected chi connectivity index (χ1v) is 10.9. The fourth-order valence-corrected chi connectivity index (χ4v) is 4.27. The predicted molar refractivity (Wildman–Crippen MR) is 108 cm³/mol. The summed E-state index contributed by atoms with van der Waals surface area (Å²) in [6.45, 7) is 3.50. The van der Waals surface area contributed by atoms with Crippen molar-refractivity contribution in [2.45, 2.75) is 30.5 Å². The highest BCUT2D eigenvalue weighted by Gasteiger charge is 2.15. The monoisotopic (exact) mass is 403 g/mol. The zero-order valence-electron chi connectivity index (χ0n) is 15.1. The highest BCUT2D eigenvalue weighted by molar-refractivity contribution is 7.99. The highest BCUT2D eigenvalue weighted by atomic mass is 32.2. The number of nitrogens with zero attached hydrogens (tertiary/aromatic N) is 1. The summed E-state index contributed by atoms with van der Waals surface area (Å²) >= 11 is 1.46. The SMILES string of the molecule is CC(C)NS(=O)(=O)c1ccc(NC(=O)CSCc2ccc(C#N)cc2)cc1. The second-order valence-electron chi connectivity index (χ2n) is 6.15. The Morgan fingerprint density at radius 3 is 2.30 bits per heavy atom. The van der Waals surface area contributed by atoms with Crippen LogP contribution in [-0.2, 0) is 20.6 Å². The minimum atomic E-state index is -3.54. The fourth-order valence-electron chi connectivity index (χ4n) is 2.23. The molecule has 0 aromatic heterocycles. The van der Waals surface area contributed by atoms with Crippen molar-refractivity contribution in [1.82, 2.24) is 4.72 Å². The maximum Gasteiger partial charge on any atom is 0.240 e. The molecule has 0 bridgehead atoms. The first kappa shape index (κ1) is 21.0. The fraction of sp³-hybridized carbons (Fsp3) is 0.263. The zero-order chi connectivity index (χ0) is 19.9. The number of hydrogen-bond acceptors (Lipinski definition) is 5. The number of carbonyl (C=O) groups excluding carboxylic acids is 1. The van der Waals surface area contributed by atoms with Gasteiger partial charge in [0, 0.05) is 17.5 Å². The molecule has 0 radical (unpaired) electrons. The van der Waals surface area contributed by atoms with Crippen LogP contribution in [-0.4, -0.2) is 26.1 Å². The van der Waals surface area contributed by atoms with Crippen LogP contribution in [0.5, 0.6) is 0 Å². The molecule has 2 aromatic rings. The molecule has 0 fully saturated rings. The Kier molecular flexibility index (Phi) is 7.42. The van der Waals surface area contributed by atoms with Crippen LogP contribution in [0.1, 0.15) is 25.0 Å². The molecule has 0 saturated carbocycles. The van der Waals surface area contributed by atoms with E-state index >= 15 is 0 Å². The topological polar surface area (TPSA) is 99.1 Å². The number of hydrogen-bond donors (Lipinski definition) is 2. The maximum atomic E-state index is 12.1. The molecule has 0 aliphatic carbocycles. The Morgan fingerprint density at radius 1 is 1.11 bits per heavy atom. The number of anilines is 1. The van der Waals surface area contributed by atoms with E-state index in [1.807, 2.05) is 12.1 Å². The standard InChI is InChI=1S/C19H21N3O3S2/c1-14(2)22-27(24,25)18-9-7-17(8-10-18)21-19(23)13-26-12-16-5-3-15(11-20)4-6-16/h3-10,14,22H,12-13H2,1-2H3,(H,21,23). The van der Waals surface area contributed by atoms with Gasteiger partial charge in [0.15, 0.2) is 0 Å². The second kappa shape index (κ2) is 9.55. The predicted octanol–water partition coefficient (Wildman–Crippen LogP) is 3.12. The van der Waals surface area contributed by atoms with Crippen molar-refractivity contribution < 1.29 is 13.2 Å². The van der Waals surface area contributed by atoms with Crippen molar-refractivity contribution in [2.24, 2.45) is 0 Å². The average molecular weight is 404 g/mol. The van der Waals surface area contributed by atoms with Gasteiger partial charge in [-0.05, 0) is 55.8 Å². The average Bonchev–Trinajstić information content (AvgIpc) is 2.61. The molecular weight excluding hydrogens is 382 g/mol. The van der Waals surface area contributed by atoms with E-state index in [0.29, 0.717) is 17.0 Å². The van der Waals surface area contributed by atoms with E-state index < -0.39 is 10.0 Å². The van der Waals surface area contributed by atoms with Crippen LogP contribution >= 0.6 is 11.8 Å². The van der Waals surface area contributed by atoms with E-state index in [-0.39, 0.29) is 22.6 Å². The number of nitrogens with one attached hydrogen (secondary N) is 2. The first-order valence-electron chi connectivity index (χ1n) is 8.29. The van der Waals surface area contributed by atoms with Crippen LogP contribution < -0.4 is 10.0 Å². The summed E-state index contributed by atoms with van der Waals surface area (Å²) < 4.78 is 26.7. The van der Waals surface area contributed by atoms with Gasteiger partial charge in [0.05, 0.1) is 22.3 Å². The van der Waals surface area contributed by atoms with E-state index in [1.54, 1.807) is 38.1 Å². The lowest BCUT2D eigenvalue weighted by Crippen LogP contribution is -2.30. The lowest BCUT2D eigenvalue weighted by atomic mass is 10.2. The van der Waals surface area contributed by atoms with E-state index in [1.165, 1.54) is 23.9 Å². The Hall–Kier alpha value is -2.34. The summed E-state index contributed by atoms with van der Waals surface area (Å²) in [5.41, 5.74) is 2.19. The van der Waals surface area contributed by atoms with Crippen LogP contribution in [0.15, 0.2) is 53.4 Å². The van der Waals surface area contributed by atoms with Gasteiger partial charge in [0.1, 0.15) is 0 Å². The van der Waals surface area contributed by atoms with Crippen LogP contribution in [0, 0.1) is 11.3 Å². The molecular formula is C19H21N3O3S2. The zero-order valence-corrected chi connectivity index (χ0v) is 16.7. The highest BCUT2D eigenvalue weighted by Crippen LogP contribution is 2.16. The van der Waals surface area contributed by atoms with Crippen molar-refractivity contribution in [3.63, 3.8) is 0 Å². The summed E-state index contributed by atoms with van der Waals surface area (Å²) in [5, 5.41) is 11.5. The molecule has 0 aliphatic heterocycles. The summed E-state index contributed by atoms with van der Waals surface area (Å²) in [6, 6.07) is 15.2. The lowest BCUT2D eigenvalue weighted by Gasteiger charge is -2.10. The first-order chi connectivity index (χ1) is 12.8. The number of amides is 1. The van der Waals surface area contributed by atoms with Crippen LogP contribution in [0.25, 0.3) is 0 Å². The van der Waals surface area contributed by atoms with Gasteiger partial charge in [-0.2, -0.15) is 5.26 Å². The Morgan fingerprint density at radius 2 is 1.74 bits per heavy atom. The van der Waals surface area contributed by atoms with Gasteiger partial charge in [-0.3, -0.25) is 4.79 Å². The van der Waals surface area contributed by atoms with E-state index in [9.17, 15) is 13.2 Å². The summed E-state index contributed by atoms with van der Waals surface area (Å²) in [5.74, 6) is 0.774. The Bertz CT molecular complexity index is 916. The van der Waals surface area contributed by atoms with E-state index in [0.717, 1.165) is 5.56 Å². The van der Waals surface area contributed by atoms with Crippen LogP contribution in [0.4, 0.5) is 5.69 Å². The third-order valence-corrected chi connectivity index (χ3v) is 6.10. The van der Waals surface area contributed by atoms with Crippen molar-refractivity contribution >= 4 is 33.4 Å². The number of benzene rings is 2. The number of rotatable bonds is 8. The number of nitriles is 1. The molecule has 6 nitrogen and oxygen atoms in total. The smallest absolute Gasteiger partial charge is 0.240 e. The van der Waals surface area contributed by atoms with Gasteiger partial charge in [-0.15, -0.1) is 11.8 Å². The molecule has 142 valence electrons. The summed E-state index contributed by atoms with van der Waals surface area (Å²) in [6.07, 6.45) is 0. The molecule has 1 amide bonds. The molecule has 2 rings (SSSR count). The number of sulfonamides is 1. The normalized spacial score (nSPS) is 11.2. The second-order valence-corrected chi connectivity index (χ2v) is 8.85. The molecule has 0 spiro atoms. The third kappa shape index (κ3) is 6.71. The molecule has 0 saturated heterocycles. The molecule has 8 heteroatoms. The van der Waals surface area contributed by atoms with Crippen molar-refractivity contribution in [3.05, 3.63) is 59.7 Å². The van der Waals surface area contributed by atoms with Crippen LogP contribution in [0.2, 0.25) is 0 Å². The largest absolute Gasteiger partial charge is 0.325 e. The van der Waals surface area contributed by atoms with E-state index in [4.69, 9.17) is 5.26 Å². The molecule has 2 aromatic carbocycles. The maximum absolute atomic E-state index is 12.1. The van der Waals surface area contributed by atoms with Crippen molar-refractivity contribution in [3.8, 4) is 6.07 Å². The minimum absolute atomic E-state index is 0.157. The molecule has 0 aliphatic rings. The summed E-state index contributed by atoms with van der Waals surface area (Å²) in [4.78, 5) is 12.2. The van der Waals surface area contributed by atoms with Gasteiger partial charge >= 0.3 is 0 Å². The minimum Gasteiger partial charge on any atom is -0.325 e. The molecule has 27 heavy (non-hydrogen) atoms.